The number of nitrogens with one attached hydrogen (secondary N) is 2. The van der Waals surface area contributed by atoms with Crippen molar-refractivity contribution in [3.8, 4) is 5.75 Å². The van der Waals surface area contributed by atoms with E-state index in [2.05, 4.69) is 10.6 Å². The third-order valence-corrected chi connectivity index (χ3v) is 5.48. The Bertz CT molecular complexity index is 791. The molecule has 0 saturated carbocycles. The number of carbonyl (C=O) groups is 2. The van der Waals surface area contributed by atoms with Crippen molar-refractivity contribution < 1.29 is 19.4 Å². The standard InChI is InChI=1S/C19H22N2O4S/c1-25-14-6-7-16-13(10-14)4-2-8-19(16,24)12-21-18(23)17(22)20-11-15-5-3-9-26-15/h3,5-7,9-10,24H,2,4,8,11-12H2,1H3,(H,20,22)(H,21,23)/t19-/m1/s1. The Kier molecular flexibility index (Phi) is 5.58. The molecule has 2 aromatic rings. The van der Waals surface area contributed by atoms with Crippen molar-refractivity contribution >= 4 is 23.2 Å². The number of aryl methyl sites for hydroxylation is 1. The van der Waals surface area contributed by atoms with Gasteiger partial charge >= 0.3 is 11.8 Å². The van der Waals surface area contributed by atoms with Gasteiger partial charge < -0.3 is 20.5 Å². The maximum atomic E-state index is 12.0. The number of thiophene rings is 1. The number of carbonyl (C=O) groups excluding carboxylic acids is 2. The van der Waals surface area contributed by atoms with E-state index in [1.54, 1.807) is 13.2 Å². The first-order chi connectivity index (χ1) is 12.5. The third-order valence-electron chi connectivity index (χ3n) is 4.60. The number of aliphatic hydroxyl groups is 1. The topological polar surface area (TPSA) is 87.7 Å². The van der Waals surface area contributed by atoms with Gasteiger partial charge in [-0.05, 0) is 54.0 Å². The number of rotatable bonds is 5. The molecule has 3 N–H and O–H groups in total. The number of fused-ring (bicyclic) bond motifs is 1. The summed E-state index contributed by atoms with van der Waals surface area (Å²) in [4.78, 5) is 24.9. The highest BCUT2D eigenvalue weighted by Crippen LogP contribution is 2.36. The molecule has 0 aliphatic heterocycles. The predicted molar refractivity (Wildman–Crippen MR) is 99.0 cm³/mol. The van der Waals surface area contributed by atoms with E-state index in [-0.39, 0.29) is 6.54 Å². The molecule has 26 heavy (non-hydrogen) atoms. The molecule has 138 valence electrons. The summed E-state index contributed by atoms with van der Waals surface area (Å²) in [6.45, 7) is 0.314. The van der Waals surface area contributed by atoms with Crippen molar-refractivity contribution in [1.29, 1.82) is 0 Å². The molecule has 0 fully saturated rings. The second-order valence-corrected chi connectivity index (χ2v) is 7.39. The van der Waals surface area contributed by atoms with Crippen LogP contribution in [0.2, 0.25) is 0 Å². The minimum absolute atomic E-state index is 0.00240. The second kappa shape index (κ2) is 7.88. The van der Waals surface area contributed by atoms with Crippen LogP contribution in [-0.2, 0) is 28.2 Å². The van der Waals surface area contributed by atoms with Crippen LogP contribution in [-0.4, -0.2) is 30.6 Å². The van der Waals surface area contributed by atoms with E-state index in [0.717, 1.165) is 34.6 Å². The van der Waals surface area contributed by atoms with Gasteiger partial charge in [-0.3, -0.25) is 9.59 Å². The van der Waals surface area contributed by atoms with E-state index >= 15 is 0 Å². The van der Waals surface area contributed by atoms with Gasteiger partial charge in [-0.25, -0.2) is 0 Å². The van der Waals surface area contributed by atoms with Gasteiger partial charge in [-0.15, -0.1) is 11.3 Å². The monoisotopic (exact) mass is 374 g/mol. The molecule has 2 amide bonds. The summed E-state index contributed by atoms with van der Waals surface area (Å²) in [7, 11) is 1.60. The van der Waals surface area contributed by atoms with Gasteiger partial charge in [0.05, 0.1) is 20.2 Å². The van der Waals surface area contributed by atoms with E-state index in [9.17, 15) is 14.7 Å². The van der Waals surface area contributed by atoms with Crippen molar-refractivity contribution in [2.24, 2.45) is 0 Å². The third kappa shape index (κ3) is 4.05. The lowest BCUT2D eigenvalue weighted by atomic mass is 9.79. The predicted octanol–water partition coefficient (Wildman–Crippen LogP) is 1.71. The minimum atomic E-state index is -1.18. The van der Waals surface area contributed by atoms with Crippen LogP contribution in [0.4, 0.5) is 0 Å². The Morgan fingerprint density at radius 2 is 2.08 bits per heavy atom. The summed E-state index contributed by atoms with van der Waals surface area (Å²) < 4.78 is 5.23. The highest BCUT2D eigenvalue weighted by Gasteiger charge is 2.35. The van der Waals surface area contributed by atoms with Crippen LogP contribution in [0.3, 0.4) is 0 Å². The molecule has 0 bridgehead atoms. The summed E-state index contributed by atoms with van der Waals surface area (Å²) >= 11 is 1.51. The number of hydrogen-bond donors (Lipinski definition) is 3. The molecule has 1 aliphatic rings. The summed E-state index contributed by atoms with van der Waals surface area (Å²) in [5.74, 6) is -0.701. The molecule has 1 atom stereocenters. The van der Waals surface area contributed by atoms with Crippen molar-refractivity contribution in [2.75, 3.05) is 13.7 Å². The molecule has 0 unspecified atom stereocenters. The summed E-state index contributed by atoms with van der Waals surface area (Å²) in [5, 5.41) is 18.1. The Hall–Kier alpha value is -2.38. The second-order valence-electron chi connectivity index (χ2n) is 6.35. The van der Waals surface area contributed by atoms with E-state index in [4.69, 9.17) is 4.74 Å². The maximum Gasteiger partial charge on any atom is 0.309 e. The van der Waals surface area contributed by atoms with E-state index < -0.39 is 17.4 Å². The van der Waals surface area contributed by atoms with Gasteiger partial charge in [0.25, 0.3) is 0 Å². The first kappa shape index (κ1) is 18.4. The molecule has 6 nitrogen and oxygen atoms in total. The molecule has 0 spiro atoms. The van der Waals surface area contributed by atoms with Gasteiger partial charge in [-0.1, -0.05) is 12.1 Å². The fourth-order valence-electron chi connectivity index (χ4n) is 3.22. The van der Waals surface area contributed by atoms with Gasteiger partial charge in [0.15, 0.2) is 0 Å². The van der Waals surface area contributed by atoms with Gasteiger partial charge in [0.1, 0.15) is 11.4 Å². The molecule has 1 aliphatic carbocycles. The highest BCUT2D eigenvalue weighted by atomic mass is 32.1. The first-order valence-electron chi connectivity index (χ1n) is 8.50. The number of ether oxygens (including phenoxy) is 1. The van der Waals surface area contributed by atoms with Crippen molar-refractivity contribution in [3.05, 3.63) is 51.7 Å². The molecular weight excluding hydrogens is 352 g/mol. The SMILES string of the molecule is COc1ccc2c(c1)CCC[C@@]2(O)CNC(=O)C(=O)NCc1cccs1. The zero-order valence-electron chi connectivity index (χ0n) is 14.6. The molecule has 1 aromatic carbocycles. The van der Waals surface area contributed by atoms with E-state index in [0.29, 0.717) is 13.0 Å². The molecule has 0 radical (unpaired) electrons. The summed E-state index contributed by atoms with van der Waals surface area (Å²) in [5.41, 5.74) is 0.613. The van der Waals surface area contributed by atoms with Crippen molar-refractivity contribution in [2.45, 2.75) is 31.4 Å². The number of hydrogen-bond acceptors (Lipinski definition) is 5. The minimum Gasteiger partial charge on any atom is -0.497 e. The lowest BCUT2D eigenvalue weighted by molar-refractivity contribution is -0.140. The van der Waals surface area contributed by atoms with Crippen LogP contribution in [0.5, 0.6) is 5.75 Å². The van der Waals surface area contributed by atoms with Crippen molar-refractivity contribution in [1.82, 2.24) is 10.6 Å². The molecule has 1 aromatic heterocycles. The Morgan fingerprint density at radius 1 is 1.27 bits per heavy atom. The fourth-order valence-corrected chi connectivity index (χ4v) is 3.86. The molecule has 0 saturated heterocycles. The number of amides is 2. The van der Waals surface area contributed by atoms with Crippen LogP contribution < -0.4 is 15.4 Å². The normalized spacial score (nSPS) is 18.7. The quantitative estimate of drug-likeness (QED) is 0.696. The van der Waals surface area contributed by atoms with Crippen LogP contribution in [0.15, 0.2) is 35.7 Å². The van der Waals surface area contributed by atoms with Gasteiger partial charge in [-0.2, -0.15) is 0 Å². The van der Waals surface area contributed by atoms with Crippen LogP contribution in [0, 0.1) is 0 Å². The molecule has 1 heterocycles. The molecular formula is C19H22N2O4S. The van der Waals surface area contributed by atoms with Gasteiger partial charge in [0.2, 0.25) is 0 Å². The fraction of sp³-hybridized carbons (Fsp3) is 0.368. The maximum absolute atomic E-state index is 12.0. The van der Waals surface area contributed by atoms with Crippen LogP contribution in [0.25, 0.3) is 0 Å². The molecule has 7 heteroatoms. The smallest absolute Gasteiger partial charge is 0.309 e. The summed E-state index contributed by atoms with van der Waals surface area (Å²) in [6, 6.07) is 9.31. The zero-order valence-corrected chi connectivity index (χ0v) is 15.4. The number of benzene rings is 1. The Labute approximate surface area is 156 Å². The average molecular weight is 374 g/mol. The average Bonchev–Trinajstić information content (AvgIpc) is 3.17. The Balaban J connectivity index is 1.60. The van der Waals surface area contributed by atoms with Crippen molar-refractivity contribution in [3.63, 3.8) is 0 Å². The Morgan fingerprint density at radius 3 is 2.81 bits per heavy atom. The van der Waals surface area contributed by atoms with Gasteiger partial charge in [0, 0.05) is 4.88 Å². The zero-order chi connectivity index (χ0) is 18.6. The van der Waals surface area contributed by atoms with Crippen LogP contribution in [0.1, 0.15) is 28.8 Å². The highest BCUT2D eigenvalue weighted by molar-refractivity contribution is 7.09. The number of methoxy groups -OCH3 is 1. The summed E-state index contributed by atoms with van der Waals surface area (Å²) in [6.07, 6.45) is 2.19. The lowest BCUT2D eigenvalue weighted by Gasteiger charge is -2.34. The first-order valence-corrected chi connectivity index (χ1v) is 9.38. The van der Waals surface area contributed by atoms with E-state index in [1.165, 1.54) is 11.3 Å². The van der Waals surface area contributed by atoms with E-state index in [1.807, 2.05) is 29.6 Å². The lowest BCUT2D eigenvalue weighted by Crippen LogP contribution is -2.47. The largest absolute Gasteiger partial charge is 0.497 e. The van der Waals surface area contributed by atoms with Crippen LogP contribution >= 0.6 is 11.3 Å². The molecule has 3 rings (SSSR count).